The molecule has 7 heavy (non-hydrogen) atoms. The van der Waals surface area contributed by atoms with Crippen LogP contribution >= 0.6 is 11.8 Å². The maximum Gasteiger partial charge on any atom is 0.365 e. The van der Waals surface area contributed by atoms with Crippen LogP contribution in [0, 0.1) is 0 Å². The molecule has 0 rings (SSSR count). The molecule has 0 aliphatic heterocycles. The van der Waals surface area contributed by atoms with Gasteiger partial charge in [-0.3, -0.25) is 0 Å². The smallest absolute Gasteiger partial charge is 0.365 e. The first-order valence-electron chi connectivity index (χ1n) is 2.02. The second-order valence-electron chi connectivity index (χ2n) is 1.43. The van der Waals surface area contributed by atoms with Gasteiger partial charge in [-0.15, -0.1) is 0 Å². The van der Waals surface area contributed by atoms with Gasteiger partial charge in [-0.1, -0.05) is 13.8 Å². The Morgan fingerprint density at radius 1 is 1.71 bits per heavy atom. The van der Waals surface area contributed by atoms with Crippen LogP contribution in [0.1, 0.15) is 13.8 Å². The minimum atomic E-state index is -0.796. The van der Waals surface area contributed by atoms with E-state index in [1.165, 1.54) is 0 Å². The number of carboxylic acid groups (broad SMARTS) is 1. The maximum atomic E-state index is 9.77. The predicted octanol–water partition coefficient (Wildman–Crippen LogP) is 1.81. The van der Waals surface area contributed by atoms with Gasteiger partial charge in [0.05, 0.1) is 0 Å². The van der Waals surface area contributed by atoms with E-state index in [-0.39, 0.29) is 5.25 Å². The van der Waals surface area contributed by atoms with Gasteiger partial charge in [-0.05, 0) is 11.8 Å². The third kappa shape index (κ3) is 5.82. The van der Waals surface area contributed by atoms with Gasteiger partial charge in [0, 0.05) is 5.25 Å². The fourth-order valence-corrected chi connectivity index (χ4v) is 0.605. The predicted molar refractivity (Wildman–Crippen MR) is 30.8 cm³/mol. The van der Waals surface area contributed by atoms with Crippen molar-refractivity contribution in [1.82, 2.24) is 0 Å². The summed E-state index contributed by atoms with van der Waals surface area (Å²) in [5.41, 5.74) is 0. The Morgan fingerprint density at radius 3 is 2.14 bits per heavy atom. The van der Waals surface area contributed by atoms with E-state index < -0.39 is 5.30 Å². The summed E-state index contributed by atoms with van der Waals surface area (Å²) < 4.78 is 0. The minimum absolute atomic E-state index is 0.192. The lowest BCUT2D eigenvalue weighted by atomic mass is 10.6. The first-order valence-corrected chi connectivity index (χ1v) is 2.90. The molecule has 42 valence electrons. The van der Waals surface area contributed by atoms with Gasteiger partial charge in [0.25, 0.3) is 0 Å². The van der Waals surface area contributed by atoms with Crippen LogP contribution in [0.4, 0.5) is 4.79 Å². The normalized spacial score (nSPS) is 9.57. The molecule has 0 bridgehead atoms. The van der Waals surface area contributed by atoms with Gasteiger partial charge in [0.2, 0.25) is 0 Å². The summed E-state index contributed by atoms with van der Waals surface area (Å²) >= 11 is 0.926. The van der Waals surface area contributed by atoms with Crippen molar-refractivity contribution >= 4 is 17.1 Å². The molecule has 0 aliphatic rings. The Morgan fingerprint density at radius 2 is 2.14 bits per heavy atom. The molecule has 0 aromatic heterocycles. The number of hydrogen-bond donors (Lipinski definition) is 1. The zero-order valence-corrected chi connectivity index (χ0v) is 5.16. The molecular formula is C4H8O2S. The average molecular weight is 120 g/mol. The van der Waals surface area contributed by atoms with E-state index in [1.54, 1.807) is 0 Å². The molecule has 0 aliphatic carbocycles. The summed E-state index contributed by atoms with van der Waals surface area (Å²) in [6.45, 7) is 3.69. The minimum Gasteiger partial charge on any atom is -0.473 e. The Balaban J connectivity index is 3.13. The van der Waals surface area contributed by atoms with E-state index >= 15 is 0 Å². The Bertz CT molecular complexity index is 70.1. The van der Waals surface area contributed by atoms with E-state index in [0.29, 0.717) is 0 Å². The molecule has 0 saturated heterocycles. The average Bonchev–Trinajstić information content (AvgIpc) is 1.27. The first kappa shape index (κ1) is 6.82. The summed E-state index contributed by atoms with van der Waals surface area (Å²) in [4.78, 5) is 9.77. The second kappa shape index (κ2) is 2.91. The standard InChI is InChI=1S/C4H8O2S/c1-3(2)7-4(5)6/h3H,1-2H3,(H,5,6). The lowest BCUT2D eigenvalue weighted by Crippen LogP contribution is -1.92. The van der Waals surface area contributed by atoms with Crippen molar-refractivity contribution in [3.63, 3.8) is 0 Å². The van der Waals surface area contributed by atoms with Crippen molar-refractivity contribution in [3.8, 4) is 0 Å². The summed E-state index contributed by atoms with van der Waals surface area (Å²) in [7, 11) is 0. The van der Waals surface area contributed by atoms with Crippen LogP contribution in [-0.4, -0.2) is 15.7 Å². The van der Waals surface area contributed by atoms with E-state index in [2.05, 4.69) is 0 Å². The van der Waals surface area contributed by atoms with Crippen LogP contribution in [0.3, 0.4) is 0 Å². The van der Waals surface area contributed by atoms with Crippen LogP contribution in [0.5, 0.6) is 0 Å². The third-order valence-corrected chi connectivity index (χ3v) is 1.01. The molecule has 0 radical (unpaired) electrons. The molecule has 0 unspecified atom stereocenters. The summed E-state index contributed by atoms with van der Waals surface area (Å²) in [6.07, 6.45) is 0. The highest BCUT2D eigenvalue weighted by molar-refractivity contribution is 8.13. The third-order valence-electron chi connectivity index (χ3n) is 0.337. The molecule has 0 fully saturated rings. The van der Waals surface area contributed by atoms with E-state index in [9.17, 15) is 4.79 Å². The van der Waals surface area contributed by atoms with Gasteiger partial charge >= 0.3 is 5.30 Å². The van der Waals surface area contributed by atoms with Crippen LogP contribution < -0.4 is 0 Å². The SMILES string of the molecule is CC(C)SC(=O)O. The second-order valence-corrected chi connectivity index (χ2v) is 2.96. The van der Waals surface area contributed by atoms with Crippen molar-refractivity contribution in [2.75, 3.05) is 0 Å². The summed E-state index contributed by atoms with van der Waals surface area (Å²) in [6, 6.07) is 0. The Hall–Kier alpha value is -0.180. The number of carbonyl (C=O) groups is 1. The zero-order chi connectivity index (χ0) is 5.86. The lowest BCUT2D eigenvalue weighted by Gasteiger charge is -1.93. The molecule has 2 nitrogen and oxygen atoms in total. The highest BCUT2D eigenvalue weighted by Crippen LogP contribution is 2.08. The van der Waals surface area contributed by atoms with Crippen LogP contribution in [0.2, 0.25) is 0 Å². The van der Waals surface area contributed by atoms with Gasteiger partial charge in [-0.25, -0.2) is 4.79 Å². The largest absolute Gasteiger partial charge is 0.473 e. The van der Waals surface area contributed by atoms with Crippen molar-refractivity contribution in [2.45, 2.75) is 19.1 Å². The van der Waals surface area contributed by atoms with Crippen LogP contribution in [0.15, 0.2) is 0 Å². The fraction of sp³-hybridized carbons (Fsp3) is 0.750. The zero-order valence-electron chi connectivity index (χ0n) is 4.34. The van der Waals surface area contributed by atoms with Crippen molar-refractivity contribution in [1.29, 1.82) is 0 Å². The molecular weight excluding hydrogens is 112 g/mol. The topological polar surface area (TPSA) is 37.3 Å². The number of rotatable bonds is 1. The van der Waals surface area contributed by atoms with Gasteiger partial charge in [0.1, 0.15) is 0 Å². The molecule has 0 saturated carbocycles. The molecule has 0 atom stereocenters. The molecule has 3 heteroatoms. The fourth-order valence-electron chi connectivity index (χ4n) is 0.202. The highest BCUT2D eigenvalue weighted by atomic mass is 32.2. The van der Waals surface area contributed by atoms with E-state index in [1.807, 2.05) is 13.8 Å². The molecule has 0 spiro atoms. The first-order chi connectivity index (χ1) is 3.13. The van der Waals surface area contributed by atoms with E-state index in [0.717, 1.165) is 11.8 Å². The Labute approximate surface area is 46.9 Å². The van der Waals surface area contributed by atoms with Gasteiger partial charge < -0.3 is 5.11 Å². The highest BCUT2D eigenvalue weighted by Gasteiger charge is 1.99. The number of thioether (sulfide) groups is 1. The molecule has 0 aromatic carbocycles. The van der Waals surface area contributed by atoms with Crippen molar-refractivity contribution in [2.24, 2.45) is 0 Å². The van der Waals surface area contributed by atoms with Gasteiger partial charge in [-0.2, -0.15) is 0 Å². The molecule has 0 aromatic rings. The summed E-state index contributed by atoms with van der Waals surface area (Å²) in [5, 5.41) is 7.44. The quantitative estimate of drug-likeness (QED) is 0.573. The summed E-state index contributed by atoms with van der Waals surface area (Å²) in [5.74, 6) is 0. The van der Waals surface area contributed by atoms with Gasteiger partial charge in [0.15, 0.2) is 0 Å². The molecule has 1 N–H and O–H groups in total. The van der Waals surface area contributed by atoms with Crippen LogP contribution in [0.25, 0.3) is 0 Å². The maximum absolute atomic E-state index is 9.77. The molecule has 0 heterocycles. The monoisotopic (exact) mass is 120 g/mol. The lowest BCUT2D eigenvalue weighted by molar-refractivity contribution is 0.222. The van der Waals surface area contributed by atoms with Crippen LogP contribution in [-0.2, 0) is 0 Å². The molecule has 0 amide bonds. The number of hydrogen-bond acceptors (Lipinski definition) is 2. The van der Waals surface area contributed by atoms with Crippen molar-refractivity contribution < 1.29 is 9.90 Å². The Kier molecular flexibility index (Phi) is 2.83. The van der Waals surface area contributed by atoms with Crippen molar-refractivity contribution in [3.05, 3.63) is 0 Å². The van der Waals surface area contributed by atoms with E-state index in [4.69, 9.17) is 5.11 Å².